The molecule has 0 aliphatic rings. The first-order chi connectivity index (χ1) is 8.56. The highest BCUT2D eigenvalue weighted by Gasteiger charge is 2.22. The van der Waals surface area contributed by atoms with Gasteiger partial charge >= 0.3 is 5.97 Å². The normalized spacial score (nSPS) is 13.7. The van der Waals surface area contributed by atoms with Crippen LogP contribution in [0.5, 0.6) is 0 Å². The molecule has 18 heavy (non-hydrogen) atoms. The van der Waals surface area contributed by atoms with Gasteiger partial charge in [0.2, 0.25) is 5.91 Å². The van der Waals surface area contributed by atoms with E-state index in [0.29, 0.717) is 6.42 Å². The lowest BCUT2D eigenvalue weighted by molar-refractivity contribution is -0.141. The SMILES string of the molecule is CCCC(C(=O)N[C@@H](C)C(=O)O)c1ccccc1. The van der Waals surface area contributed by atoms with Crippen molar-refractivity contribution < 1.29 is 14.7 Å². The Hall–Kier alpha value is -1.84. The number of carboxylic acid groups (broad SMARTS) is 1. The van der Waals surface area contributed by atoms with E-state index in [9.17, 15) is 9.59 Å². The third-order valence-electron chi connectivity index (χ3n) is 2.82. The Bertz CT molecular complexity index is 403. The van der Waals surface area contributed by atoms with Crippen molar-refractivity contribution in [3.63, 3.8) is 0 Å². The fourth-order valence-corrected chi connectivity index (χ4v) is 1.80. The van der Waals surface area contributed by atoms with E-state index in [1.807, 2.05) is 37.3 Å². The molecule has 0 saturated carbocycles. The predicted octanol–water partition coefficient (Wildman–Crippen LogP) is 2.16. The number of carboxylic acids is 1. The number of nitrogens with one attached hydrogen (secondary N) is 1. The first-order valence-electron chi connectivity index (χ1n) is 6.14. The largest absolute Gasteiger partial charge is 0.480 e. The Morgan fingerprint density at radius 2 is 1.89 bits per heavy atom. The lowest BCUT2D eigenvalue weighted by atomic mass is 9.93. The molecule has 1 aromatic rings. The van der Waals surface area contributed by atoms with Crippen molar-refractivity contribution in [1.82, 2.24) is 5.32 Å². The number of amides is 1. The van der Waals surface area contributed by atoms with Crippen molar-refractivity contribution >= 4 is 11.9 Å². The molecule has 0 spiro atoms. The maximum Gasteiger partial charge on any atom is 0.325 e. The number of benzene rings is 1. The first-order valence-corrected chi connectivity index (χ1v) is 6.14. The molecule has 1 rings (SSSR count). The Morgan fingerprint density at radius 3 is 2.39 bits per heavy atom. The molecule has 0 fully saturated rings. The van der Waals surface area contributed by atoms with E-state index in [-0.39, 0.29) is 11.8 Å². The van der Waals surface area contributed by atoms with Gasteiger partial charge in [-0.1, -0.05) is 43.7 Å². The van der Waals surface area contributed by atoms with Crippen LogP contribution < -0.4 is 5.32 Å². The van der Waals surface area contributed by atoms with Gasteiger partial charge in [-0.2, -0.15) is 0 Å². The maximum atomic E-state index is 12.1. The molecule has 2 N–H and O–H groups in total. The summed E-state index contributed by atoms with van der Waals surface area (Å²) in [4.78, 5) is 22.8. The highest BCUT2D eigenvalue weighted by Crippen LogP contribution is 2.21. The molecule has 4 nitrogen and oxygen atoms in total. The van der Waals surface area contributed by atoms with Crippen LogP contribution in [0.3, 0.4) is 0 Å². The number of hydrogen-bond donors (Lipinski definition) is 2. The second kappa shape index (κ2) is 6.79. The molecule has 1 unspecified atom stereocenters. The first kappa shape index (κ1) is 14.2. The van der Waals surface area contributed by atoms with Gasteiger partial charge in [0.1, 0.15) is 6.04 Å². The van der Waals surface area contributed by atoms with Gasteiger partial charge < -0.3 is 10.4 Å². The lowest BCUT2D eigenvalue weighted by Gasteiger charge is -2.18. The van der Waals surface area contributed by atoms with E-state index in [0.717, 1.165) is 12.0 Å². The summed E-state index contributed by atoms with van der Waals surface area (Å²) >= 11 is 0. The summed E-state index contributed by atoms with van der Waals surface area (Å²) < 4.78 is 0. The molecule has 0 heterocycles. The molecular weight excluding hydrogens is 230 g/mol. The highest BCUT2D eigenvalue weighted by atomic mass is 16.4. The van der Waals surface area contributed by atoms with E-state index < -0.39 is 12.0 Å². The van der Waals surface area contributed by atoms with Gasteiger partial charge in [-0.25, -0.2) is 0 Å². The van der Waals surface area contributed by atoms with Gasteiger partial charge in [0.25, 0.3) is 0 Å². The van der Waals surface area contributed by atoms with Crippen molar-refractivity contribution in [2.24, 2.45) is 0 Å². The van der Waals surface area contributed by atoms with Crippen molar-refractivity contribution in [3.05, 3.63) is 35.9 Å². The molecule has 0 aliphatic carbocycles. The predicted molar refractivity (Wildman–Crippen MR) is 69.3 cm³/mol. The van der Waals surface area contributed by atoms with Crippen LogP contribution in [0, 0.1) is 0 Å². The van der Waals surface area contributed by atoms with Crippen molar-refractivity contribution in [2.45, 2.75) is 38.6 Å². The summed E-state index contributed by atoms with van der Waals surface area (Å²) in [6.07, 6.45) is 1.58. The summed E-state index contributed by atoms with van der Waals surface area (Å²) in [7, 11) is 0. The summed E-state index contributed by atoms with van der Waals surface area (Å²) in [5.74, 6) is -1.53. The minimum atomic E-state index is -1.02. The average Bonchev–Trinajstić information content (AvgIpc) is 2.36. The fraction of sp³-hybridized carbons (Fsp3) is 0.429. The Morgan fingerprint density at radius 1 is 1.28 bits per heavy atom. The van der Waals surface area contributed by atoms with Gasteiger partial charge in [0.15, 0.2) is 0 Å². The molecule has 0 aliphatic heterocycles. The minimum absolute atomic E-state index is 0.224. The topological polar surface area (TPSA) is 66.4 Å². The molecular formula is C14H19NO3. The monoisotopic (exact) mass is 249 g/mol. The van der Waals surface area contributed by atoms with Gasteiger partial charge in [-0.05, 0) is 18.9 Å². The third kappa shape index (κ3) is 3.87. The van der Waals surface area contributed by atoms with Gasteiger partial charge in [-0.3, -0.25) is 9.59 Å². The maximum absolute atomic E-state index is 12.1. The van der Waals surface area contributed by atoms with Gasteiger partial charge in [-0.15, -0.1) is 0 Å². The van der Waals surface area contributed by atoms with Crippen LogP contribution in [0.1, 0.15) is 38.2 Å². The average molecular weight is 249 g/mol. The van der Waals surface area contributed by atoms with Crippen LogP contribution in [0.2, 0.25) is 0 Å². The van der Waals surface area contributed by atoms with Crippen molar-refractivity contribution in [3.8, 4) is 0 Å². The summed E-state index contributed by atoms with van der Waals surface area (Å²) in [5.41, 5.74) is 0.925. The molecule has 98 valence electrons. The minimum Gasteiger partial charge on any atom is -0.480 e. The van der Waals surface area contributed by atoms with Crippen molar-refractivity contribution in [2.75, 3.05) is 0 Å². The zero-order valence-electron chi connectivity index (χ0n) is 10.7. The zero-order chi connectivity index (χ0) is 13.5. The Balaban J connectivity index is 2.79. The smallest absolute Gasteiger partial charge is 0.325 e. The summed E-state index contributed by atoms with van der Waals surface area (Å²) in [6.45, 7) is 3.47. The second-order valence-electron chi connectivity index (χ2n) is 4.32. The molecule has 0 radical (unpaired) electrons. The second-order valence-corrected chi connectivity index (χ2v) is 4.32. The zero-order valence-corrected chi connectivity index (χ0v) is 10.7. The van der Waals surface area contributed by atoms with Crippen LogP contribution in [-0.4, -0.2) is 23.0 Å². The van der Waals surface area contributed by atoms with Gasteiger partial charge in [0, 0.05) is 0 Å². The molecule has 0 saturated heterocycles. The van der Waals surface area contributed by atoms with E-state index in [1.165, 1.54) is 6.92 Å². The van der Waals surface area contributed by atoms with Crippen LogP contribution in [0.25, 0.3) is 0 Å². The van der Waals surface area contributed by atoms with E-state index in [2.05, 4.69) is 5.32 Å². The standard InChI is InChI=1S/C14H19NO3/c1-3-7-12(11-8-5-4-6-9-11)13(16)15-10(2)14(17)18/h4-6,8-10,12H,3,7H2,1-2H3,(H,15,16)(H,17,18)/t10-,12?/m0/s1. The molecule has 0 bridgehead atoms. The van der Waals surface area contributed by atoms with Crippen molar-refractivity contribution in [1.29, 1.82) is 0 Å². The summed E-state index contributed by atoms with van der Waals surface area (Å²) in [6, 6.07) is 8.58. The number of hydrogen-bond acceptors (Lipinski definition) is 2. The lowest BCUT2D eigenvalue weighted by Crippen LogP contribution is -2.41. The quantitative estimate of drug-likeness (QED) is 0.812. The van der Waals surface area contributed by atoms with Crippen LogP contribution in [-0.2, 0) is 9.59 Å². The number of aliphatic carboxylic acids is 1. The number of carbonyl (C=O) groups excluding carboxylic acids is 1. The van der Waals surface area contributed by atoms with E-state index in [1.54, 1.807) is 0 Å². The molecule has 1 aromatic carbocycles. The fourth-order valence-electron chi connectivity index (χ4n) is 1.80. The summed E-state index contributed by atoms with van der Waals surface area (Å²) in [5, 5.41) is 11.3. The number of rotatable bonds is 6. The van der Waals surface area contributed by atoms with Gasteiger partial charge in [0.05, 0.1) is 5.92 Å². The molecule has 0 aromatic heterocycles. The highest BCUT2D eigenvalue weighted by molar-refractivity contribution is 5.87. The Labute approximate surface area is 107 Å². The molecule has 4 heteroatoms. The van der Waals surface area contributed by atoms with Crippen LogP contribution in [0.4, 0.5) is 0 Å². The van der Waals surface area contributed by atoms with E-state index >= 15 is 0 Å². The van der Waals surface area contributed by atoms with Crippen LogP contribution >= 0.6 is 0 Å². The van der Waals surface area contributed by atoms with E-state index in [4.69, 9.17) is 5.11 Å². The number of carbonyl (C=O) groups is 2. The third-order valence-corrected chi connectivity index (χ3v) is 2.82. The Kier molecular flexibility index (Phi) is 5.36. The molecule has 1 amide bonds. The van der Waals surface area contributed by atoms with Crippen LogP contribution in [0.15, 0.2) is 30.3 Å². The molecule has 2 atom stereocenters.